The fraction of sp³-hybridized carbons (Fsp3) is 0.185. The van der Waals surface area contributed by atoms with Crippen LogP contribution in [0.5, 0.6) is 5.75 Å². The maximum absolute atomic E-state index is 13.3. The van der Waals surface area contributed by atoms with E-state index in [1.54, 1.807) is 18.2 Å². The predicted octanol–water partition coefficient (Wildman–Crippen LogP) is 6.00. The predicted molar refractivity (Wildman–Crippen MR) is 124 cm³/mol. The molecule has 0 fully saturated rings. The second-order valence-electron chi connectivity index (χ2n) is 8.20. The van der Waals surface area contributed by atoms with Crippen LogP contribution in [0.1, 0.15) is 29.2 Å². The van der Waals surface area contributed by atoms with Crippen LogP contribution in [-0.2, 0) is 16.0 Å². The van der Waals surface area contributed by atoms with Crippen LogP contribution in [0.3, 0.4) is 0 Å². The third kappa shape index (κ3) is 5.37. The number of aryl methyl sites for hydroxylation is 2. The van der Waals surface area contributed by atoms with E-state index < -0.39 is 29.8 Å². The number of aliphatic hydroxyl groups is 1. The smallest absolute Gasteiger partial charge is 0.503 e. The van der Waals surface area contributed by atoms with Crippen LogP contribution >= 0.6 is 0 Å². The quantitative estimate of drug-likeness (QED) is 0.450. The summed E-state index contributed by atoms with van der Waals surface area (Å²) in [5.74, 6) is -2.30. The van der Waals surface area contributed by atoms with Gasteiger partial charge in [-0.2, -0.15) is 0 Å². The molecule has 3 aromatic rings. The maximum atomic E-state index is 13.3. The largest absolute Gasteiger partial charge is 0.573 e. The van der Waals surface area contributed by atoms with Gasteiger partial charge in [0.15, 0.2) is 11.5 Å². The lowest BCUT2D eigenvalue weighted by atomic mass is 9.92. The zero-order valence-corrected chi connectivity index (χ0v) is 18.8. The van der Waals surface area contributed by atoms with E-state index in [9.17, 15) is 27.9 Å². The van der Waals surface area contributed by atoms with Crippen molar-refractivity contribution in [2.45, 2.75) is 32.2 Å². The number of halogens is 3. The Kier molecular flexibility index (Phi) is 6.64. The van der Waals surface area contributed by atoms with Crippen molar-refractivity contribution in [3.05, 3.63) is 107 Å². The van der Waals surface area contributed by atoms with Gasteiger partial charge in [-0.15, -0.1) is 13.2 Å². The van der Waals surface area contributed by atoms with E-state index in [0.717, 1.165) is 23.3 Å². The molecule has 1 amide bonds. The van der Waals surface area contributed by atoms with Gasteiger partial charge in [-0.05, 0) is 48.7 Å². The topological polar surface area (TPSA) is 66.8 Å². The van der Waals surface area contributed by atoms with Crippen LogP contribution in [-0.4, -0.2) is 23.2 Å². The molecule has 35 heavy (non-hydrogen) atoms. The number of anilines is 1. The van der Waals surface area contributed by atoms with Crippen molar-refractivity contribution in [3.63, 3.8) is 0 Å². The minimum atomic E-state index is -4.85. The molecule has 180 valence electrons. The van der Waals surface area contributed by atoms with Crippen molar-refractivity contribution in [1.29, 1.82) is 0 Å². The van der Waals surface area contributed by atoms with Crippen molar-refractivity contribution >= 4 is 17.4 Å². The number of benzene rings is 3. The van der Waals surface area contributed by atoms with E-state index in [-0.39, 0.29) is 23.5 Å². The van der Waals surface area contributed by atoms with E-state index in [1.807, 2.05) is 43.3 Å². The summed E-state index contributed by atoms with van der Waals surface area (Å²) in [5.41, 5.74) is 2.60. The van der Waals surface area contributed by atoms with E-state index >= 15 is 0 Å². The lowest BCUT2D eigenvalue weighted by Crippen LogP contribution is -2.31. The maximum Gasteiger partial charge on any atom is 0.573 e. The summed E-state index contributed by atoms with van der Waals surface area (Å²) in [7, 11) is 0. The molecule has 1 atom stereocenters. The van der Waals surface area contributed by atoms with Gasteiger partial charge >= 0.3 is 6.36 Å². The first kappa shape index (κ1) is 24.1. The molecule has 0 saturated carbocycles. The van der Waals surface area contributed by atoms with E-state index in [2.05, 4.69) is 4.74 Å². The van der Waals surface area contributed by atoms with Gasteiger partial charge in [0, 0.05) is 12.1 Å². The van der Waals surface area contributed by atoms with Crippen LogP contribution in [0.4, 0.5) is 18.9 Å². The lowest BCUT2D eigenvalue weighted by Gasteiger charge is -2.27. The molecule has 1 heterocycles. The highest BCUT2D eigenvalue weighted by molar-refractivity contribution is 6.16. The summed E-state index contributed by atoms with van der Waals surface area (Å²) in [5, 5.41) is 10.8. The molecule has 3 aromatic carbocycles. The number of ether oxygens (including phenoxy) is 1. The number of alkyl halides is 3. The fourth-order valence-corrected chi connectivity index (χ4v) is 4.16. The van der Waals surface area contributed by atoms with Crippen molar-refractivity contribution in [2.75, 3.05) is 4.90 Å². The lowest BCUT2D eigenvalue weighted by molar-refractivity contribution is -0.274. The monoisotopic (exact) mass is 481 g/mol. The average molecular weight is 481 g/mol. The minimum absolute atomic E-state index is 0.0350. The van der Waals surface area contributed by atoms with Crippen LogP contribution in [0.15, 0.2) is 90.2 Å². The Bertz CT molecular complexity index is 1270. The molecule has 0 aliphatic carbocycles. The van der Waals surface area contributed by atoms with Crippen molar-refractivity contribution < 1.29 is 32.6 Å². The standard InChI is InChI=1S/C27H22F3NO4/c1-17-6-5-9-19(16-17)24-23(22(32)15-10-18-7-3-2-4-8-18)25(33)26(34)31(24)20-11-13-21(14-12-20)35-27(28,29)30/h2-9,11-14,16,24,33H,10,15H2,1H3. The average Bonchev–Trinajstić information content (AvgIpc) is 3.08. The zero-order valence-electron chi connectivity index (χ0n) is 18.8. The van der Waals surface area contributed by atoms with Gasteiger partial charge in [-0.1, -0.05) is 60.2 Å². The molecule has 0 radical (unpaired) electrons. The highest BCUT2D eigenvalue weighted by Gasteiger charge is 2.44. The number of carbonyl (C=O) groups is 2. The summed E-state index contributed by atoms with van der Waals surface area (Å²) >= 11 is 0. The molecule has 4 rings (SSSR count). The second kappa shape index (κ2) is 9.66. The van der Waals surface area contributed by atoms with Crippen LogP contribution in [0.25, 0.3) is 0 Å². The summed E-state index contributed by atoms with van der Waals surface area (Å²) in [6.07, 6.45) is -4.35. The highest BCUT2D eigenvalue weighted by atomic mass is 19.4. The van der Waals surface area contributed by atoms with Gasteiger partial charge in [0.2, 0.25) is 0 Å². The molecule has 8 heteroatoms. The van der Waals surface area contributed by atoms with Gasteiger partial charge in [0.25, 0.3) is 5.91 Å². The van der Waals surface area contributed by atoms with Crippen molar-refractivity contribution in [2.24, 2.45) is 0 Å². The summed E-state index contributed by atoms with van der Waals surface area (Å²) in [4.78, 5) is 27.6. The van der Waals surface area contributed by atoms with Crippen LogP contribution in [0.2, 0.25) is 0 Å². The molecule has 1 unspecified atom stereocenters. The number of amides is 1. The Morgan fingerprint density at radius 3 is 2.31 bits per heavy atom. The molecule has 5 nitrogen and oxygen atoms in total. The first-order valence-corrected chi connectivity index (χ1v) is 10.9. The number of carbonyl (C=O) groups excluding carboxylic acids is 2. The van der Waals surface area contributed by atoms with Gasteiger partial charge in [-0.25, -0.2) is 0 Å². The highest BCUT2D eigenvalue weighted by Crippen LogP contribution is 2.42. The fourth-order valence-electron chi connectivity index (χ4n) is 4.16. The molecule has 0 bridgehead atoms. The third-order valence-corrected chi connectivity index (χ3v) is 5.70. The van der Waals surface area contributed by atoms with Gasteiger partial charge in [0.05, 0.1) is 11.6 Å². The van der Waals surface area contributed by atoms with Gasteiger partial charge in [0.1, 0.15) is 5.75 Å². The van der Waals surface area contributed by atoms with Crippen LogP contribution < -0.4 is 9.64 Å². The summed E-state index contributed by atoms with van der Waals surface area (Å²) in [6.45, 7) is 1.86. The Labute approximate surface area is 200 Å². The molecule has 1 aliphatic rings. The van der Waals surface area contributed by atoms with E-state index in [4.69, 9.17) is 0 Å². The molecule has 0 aromatic heterocycles. The zero-order chi connectivity index (χ0) is 25.2. The van der Waals surface area contributed by atoms with Crippen LogP contribution in [0, 0.1) is 6.92 Å². The number of hydrogen-bond acceptors (Lipinski definition) is 4. The summed E-state index contributed by atoms with van der Waals surface area (Å²) < 4.78 is 41.6. The second-order valence-corrected chi connectivity index (χ2v) is 8.20. The van der Waals surface area contributed by atoms with Crippen molar-refractivity contribution in [1.82, 2.24) is 0 Å². The first-order valence-electron chi connectivity index (χ1n) is 10.9. The minimum Gasteiger partial charge on any atom is -0.503 e. The normalized spacial score (nSPS) is 16.1. The molecular weight excluding hydrogens is 459 g/mol. The number of nitrogens with zero attached hydrogens (tertiary/aromatic N) is 1. The Hall–Kier alpha value is -4.07. The first-order chi connectivity index (χ1) is 16.6. The Morgan fingerprint density at radius 1 is 1.00 bits per heavy atom. The third-order valence-electron chi connectivity index (χ3n) is 5.70. The Morgan fingerprint density at radius 2 is 1.69 bits per heavy atom. The molecular formula is C27H22F3NO4. The van der Waals surface area contributed by atoms with Crippen molar-refractivity contribution in [3.8, 4) is 5.75 Å². The molecule has 0 spiro atoms. The number of aliphatic hydroxyl groups excluding tert-OH is 1. The molecule has 1 aliphatic heterocycles. The SMILES string of the molecule is Cc1cccc(C2C(C(=O)CCc3ccccc3)=C(O)C(=O)N2c2ccc(OC(F)(F)F)cc2)c1. The summed E-state index contributed by atoms with van der Waals surface area (Å²) in [6, 6.07) is 20.3. The molecule has 0 saturated heterocycles. The van der Waals surface area contributed by atoms with Gasteiger partial charge < -0.3 is 9.84 Å². The molecule has 1 N–H and O–H groups in total. The number of Topliss-reactive ketones (excluding diaryl/α,β-unsaturated/α-hetero) is 1. The van der Waals surface area contributed by atoms with E-state index in [1.165, 1.54) is 17.0 Å². The van der Waals surface area contributed by atoms with E-state index in [0.29, 0.717) is 12.0 Å². The Balaban J connectivity index is 1.69. The van der Waals surface area contributed by atoms with Gasteiger partial charge in [-0.3, -0.25) is 14.5 Å². The number of hydrogen-bond donors (Lipinski definition) is 1. The number of rotatable bonds is 7. The number of ketones is 1.